The maximum Gasteiger partial charge on any atom is 0.132 e. The number of aromatic nitrogens is 2. The van der Waals surface area contributed by atoms with Crippen molar-refractivity contribution in [2.24, 2.45) is 17.4 Å². The first-order valence-corrected chi connectivity index (χ1v) is 11.1. The van der Waals surface area contributed by atoms with Crippen LogP contribution in [0.5, 0.6) is 0 Å². The Kier molecular flexibility index (Phi) is 7.70. The van der Waals surface area contributed by atoms with Crippen LogP contribution in [0.15, 0.2) is 54.3 Å². The highest BCUT2D eigenvalue weighted by Gasteiger charge is 2.18. The number of pyridine rings is 2. The van der Waals surface area contributed by atoms with E-state index in [1.165, 1.54) is 12.8 Å². The molecule has 8 nitrogen and oxygen atoms in total. The third-order valence-electron chi connectivity index (χ3n) is 5.56. The van der Waals surface area contributed by atoms with E-state index in [2.05, 4.69) is 39.8 Å². The van der Waals surface area contributed by atoms with E-state index in [0.717, 1.165) is 40.6 Å². The van der Waals surface area contributed by atoms with Crippen molar-refractivity contribution in [2.75, 3.05) is 12.4 Å². The van der Waals surface area contributed by atoms with Crippen molar-refractivity contribution in [3.05, 3.63) is 59.8 Å². The number of anilines is 1. The van der Waals surface area contributed by atoms with Gasteiger partial charge in [-0.15, -0.1) is 0 Å². The molecule has 1 fully saturated rings. The number of hydrogen-bond acceptors (Lipinski definition) is 7. The Bertz CT molecular complexity index is 1050. The first-order valence-electron chi connectivity index (χ1n) is 11.1. The largest absolute Gasteiger partial charge is 0.404 e. The molecule has 8 heteroatoms. The van der Waals surface area contributed by atoms with Gasteiger partial charge in [0.05, 0.1) is 11.0 Å². The van der Waals surface area contributed by atoms with Gasteiger partial charge in [0.2, 0.25) is 0 Å². The van der Waals surface area contributed by atoms with Crippen molar-refractivity contribution in [1.82, 2.24) is 20.6 Å². The minimum Gasteiger partial charge on any atom is -0.404 e. The number of nitrogens with zero attached hydrogens (tertiary/aromatic N) is 2. The van der Waals surface area contributed by atoms with Gasteiger partial charge < -0.3 is 27.4 Å². The summed E-state index contributed by atoms with van der Waals surface area (Å²) in [5.74, 6) is 1.74. The van der Waals surface area contributed by atoms with Crippen LogP contribution >= 0.6 is 0 Å². The van der Waals surface area contributed by atoms with E-state index in [1.54, 1.807) is 12.4 Å². The predicted molar refractivity (Wildman–Crippen MR) is 133 cm³/mol. The zero-order chi connectivity index (χ0) is 23.1. The van der Waals surface area contributed by atoms with E-state index in [9.17, 15) is 0 Å². The predicted octanol–water partition coefficient (Wildman–Crippen LogP) is 3.41. The standard InChI is InChI=1S/C24H34N8/c1-15(2)16(12-25)11-22(26)32-23-9-8-20-21(31-23)10-17(13-29-20)19(14-28-3)24(27)30-18-6-4-5-7-18/h8-15,18,28H,4-7,25-26H2,1-3H3,(H2,27,30)(H,31,32)/b16-12+,19-14-,22-11+. The Hall–Kier alpha value is -3.55. The van der Waals surface area contributed by atoms with Crippen LogP contribution in [0.2, 0.25) is 0 Å². The van der Waals surface area contributed by atoms with Crippen molar-refractivity contribution in [2.45, 2.75) is 45.6 Å². The highest BCUT2D eigenvalue weighted by atomic mass is 15.1. The molecule has 0 bridgehead atoms. The van der Waals surface area contributed by atoms with E-state index < -0.39 is 0 Å². The Balaban J connectivity index is 1.85. The Morgan fingerprint density at radius 3 is 2.62 bits per heavy atom. The van der Waals surface area contributed by atoms with Gasteiger partial charge in [0.1, 0.15) is 17.5 Å². The summed E-state index contributed by atoms with van der Waals surface area (Å²) in [7, 11) is 1.83. The molecule has 0 saturated heterocycles. The molecule has 2 heterocycles. The molecule has 32 heavy (non-hydrogen) atoms. The summed E-state index contributed by atoms with van der Waals surface area (Å²) >= 11 is 0. The number of allylic oxidation sites excluding steroid dienone is 2. The molecule has 2 aromatic heterocycles. The lowest BCUT2D eigenvalue weighted by molar-refractivity contribution is 0.631. The SMILES string of the molecule is CN/C=C(\C(=N)NC1CCCC1)c1cnc2ccc(N/C(N)=C/C(=C\N)C(C)C)nc2c1. The molecule has 0 atom stereocenters. The minimum atomic E-state index is 0.266. The van der Waals surface area contributed by atoms with Crippen molar-refractivity contribution in [1.29, 1.82) is 5.41 Å². The number of rotatable bonds is 8. The molecule has 1 aliphatic carbocycles. The molecule has 0 aliphatic heterocycles. The van der Waals surface area contributed by atoms with Crippen LogP contribution in [0.4, 0.5) is 5.82 Å². The van der Waals surface area contributed by atoms with Gasteiger partial charge >= 0.3 is 0 Å². The van der Waals surface area contributed by atoms with Crippen LogP contribution in [0.25, 0.3) is 16.6 Å². The zero-order valence-electron chi connectivity index (χ0n) is 19.1. The Morgan fingerprint density at radius 2 is 1.97 bits per heavy atom. The molecule has 3 rings (SSSR count). The monoisotopic (exact) mass is 434 g/mol. The third-order valence-corrected chi connectivity index (χ3v) is 5.56. The lowest BCUT2D eigenvalue weighted by Crippen LogP contribution is -2.33. The lowest BCUT2D eigenvalue weighted by Gasteiger charge is -2.17. The summed E-state index contributed by atoms with van der Waals surface area (Å²) in [5.41, 5.74) is 15.8. The summed E-state index contributed by atoms with van der Waals surface area (Å²) < 4.78 is 0. The summed E-state index contributed by atoms with van der Waals surface area (Å²) in [6.45, 7) is 4.11. The zero-order valence-corrected chi connectivity index (χ0v) is 19.1. The average molecular weight is 435 g/mol. The van der Waals surface area contributed by atoms with Crippen LogP contribution in [-0.2, 0) is 0 Å². The summed E-state index contributed by atoms with van der Waals surface area (Å²) in [4.78, 5) is 9.22. The van der Waals surface area contributed by atoms with Crippen LogP contribution < -0.4 is 27.4 Å². The molecular weight excluding hydrogens is 400 g/mol. The molecule has 0 unspecified atom stereocenters. The number of amidine groups is 1. The second-order valence-electron chi connectivity index (χ2n) is 8.35. The second kappa shape index (κ2) is 10.7. The number of nitrogens with one attached hydrogen (secondary N) is 4. The molecule has 0 amide bonds. The van der Waals surface area contributed by atoms with Gasteiger partial charge in [-0.05, 0) is 54.8 Å². The Labute approximate surface area is 189 Å². The smallest absolute Gasteiger partial charge is 0.132 e. The van der Waals surface area contributed by atoms with E-state index in [-0.39, 0.29) is 5.92 Å². The number of hydrogen-bond donors (Lipinski definition) is 6. The van der Waals surface area contributed by atoms with Gasteiger partial charge in [0.25, 0.3) is 0 Å². The summed E-state index contributed by atoms with van der Waals surface area (Å²) in [5, 5.41) is 18.1. The fourth-order valence-electron chi connectivity index (χ4n) is 3.79. The maximum absolute atomic E-state index is 8.59. The highest BCUT2D eigenvalue weighted by Crippen LogP contribution is 2.23. The molecule has 2 aromatic rings. The molecule has 170 valence electrons. The van der Waals surface area contributed by atoms with Gasteiger partial charge in [-0.25, -0.2) is 4.98 Å². The fraction of sp³-hybridized carbons (Fsp3) is 0.375. The van der Waals surface area contributed by atoms with Crippen molar-refractivity contribution >= 4 is 28.3 Å². The van der Waals surface area contributed by atoms with E-state index >= 15 is 0 Å². The molecular formula is C24H34N8. The first kappa shape index (κ1) is 23.1. The van der Waals surface area contributed by atoms with Gasteiger partial charge in [0, 0.05) is 36.6 Å². The number of nitrogens with two attached hydrogens (primary N) is 2. The van der Waals surface area contributed by atoms with Gasteiger partial charge in [-0.1, -0.05) is 26.7 Å². The Morgan fingerprint density at radius 1 is 1.22 bits per heavy atom. The highest BCUT2D eigenvalue weighted by molar-refractivity contribution is 6.21. The van der Waals surface area contributed by atoms with Crippen LogP contribution in [0.3, 0.4) is 0 Å². The maximum atomic E-state index is 8.59. The van der Waals surface area contributed by atoms with E-state index in [4.69, 9.17) is 16.9 Å². The van der Waals surface area contributed by atoms with Crippen LogP contribution in [0.1, 0.15) is 45.1 Å². The molecule has 1 aliphatic rings. The second-order valence-corrected chi connectivity index (χ2v) is 8.35. The molecule has 0 aromatic carbocycles. The summed E-state index contributed by atoms with van der Waals surface area (Å²) in [6, 6.07) is 6.04. The van der Waals surface area contributed by atoms with Crippen molar-refractivity contribution in [3.8, 4) is 0 Å². The average Bonchev–Trinajstić information content (AvgIpc) is 3.28. The van der Waals surface area contributed by atoms with Crippen LogP contribution in [0, 0.1) is 11.3 Å². The molecule has 0 spiro atoms. The van der Waals surface area contributed by atoms with Gasteiger partial charge in [0.15, 0.2) is 0 Å². The minimum absolute atomic E-state index is 0.266. The first-order chi connectivity index (χ1) is 15.4. The van der Waals surface area contributed by atoms with Crippen molar-refractivity contribution < 1.29 is 0 Å². The topological polar surface area (TPSA) is 138 Å². The third kappa shape index (κ3) is 5.78. The van der Waals surface area contributed by atoms with E-state index in [1.807, 2.05) is 37.5 Å². The molecule has 8 N–H and O–H groups in total. The van der Waals surface area contributed by atoms with Gasteiger partial charge in [-0.3, -0.25) is 10.4 Å². The normalized spacial score (nSPS) is 15.9. The van der Waals surface area contributed by atoms with Crippen molar-refractivity contribution in [3.63, 3.8) is 0 Å². The van der Waals surface area contributed by atoms with E-state index in [0.29, 0.717) is 23.5 Å². The fourth-order valence-corrected chi connectivity index (χ4v) is 3.79. The van der Waals surface area contributed by atoms with Gasteiger partial charge in [-0.2, -0.15) is 0 Å². The quantitative estimate of drug-likeness (QED) is 0.213. The lowest BCUT2D eigenvalue weighted by atomic mass is 10.0. The summed E-state index contributed by atoms with van der Waals surface area (Å²) in [6.07, 6.45) is 11.6. The molecule has 0 radical (unpaired) electrons. The number of fused-ring (bicyclic) bond motifs is 1. The molecule has 1 saturated carbocycles. The van der Waals surface area contributed by atoms with Crippen LogP contribution in [-0.4, -0.2) is 28.9 Å².